The van der Waals surface area contributed by atoms with E-state index < -0.39 is 0 Å². The Kier molecular flexibility index (Phi) is 3.86. The first kappa shape index (κ1) is 10.5. The molecular weight excluding hydrogens is 170 g/mol. The highest BCUT2D eigenvalue weighted by Gasteiger charge is 2.39. The quantitative estimate of drug-likeness (QED) is 0.728. The third kappa shape index (κ3) is 2.31. The molecule has 82 valence electrons. The Hall–Kier alpha value is -0.0400. The minimum absolute atomic E-state index is 0.887. The summed E-state index contributed by atoms with van der Waals surface area (Å²) in [4.78, 5) is 0. The number of hydrogen-bond acceptors (Lipinski definition) is 1. The zero-order valence-corrected chi connectivity index (χ0v) is 9.60. The van der Waals surface area contributed by atoms with E-state index in [1.807, 2.05) is 0 Å². The van der Waals surface area contributed by atoms with Gasteiger partial charge in [0, 0.05) is 6.04 Å². The lowest BCUT2D eigenvalue weighted by Gasteiger charge is -2.47. The molecular formula is C13H25N. The van der Waals surface area contributed by atoms with E-state index >= 15 is 0 Å². The van der Waals surface area contributed by atoms with Gasteiger partial charge >= 0.3 is 0 Å². The van der Waals surface area contributed by atoms with Crippen molar-refractivity contribution < 1.29 is 0 Å². The van der Waals surface area contributed by atoms with Crippen LogP contribution in [-0.2, 0) is 0 Å². The standard InChI is InChI=1S/C13H25N/c1-2-9-14-13-10-11-7-5-3-4-6-8-12(11)13/h11-14H,2-10H2,1H3. The molecule has 2 aliphatic carbocycles. The summed E-state index contributed by atoms with van der Waals surface area (Å²) >= 11 is 0. The van der Waals surface area contributed by atoms with Crippen molar-refractivity contribution in [1.82, 2.24) is 5.32 Å². The fourth-order valence-electron chi connectivity index (χ4n) is 3.28. The van der Waals surface area contributed by atoms with Crippen LogP contribution in [0, 0.1) is 11.8 Å². The van der Waals surface area contributed by atoms with E-state index in [0.717, 1.165) is 17.9 Å². The smallest absolute Gasteiger partial charge is 0.0101 e. The van der Waals surface area contributed by atoms with Crippen molar-refractivity contribution in [1.29, 1.82) is 0 Å². The van der Waals surface area contributed by atoms with Gasteiger partial charge in [-0.1, -0.05) is 39.0 Å². The van der Waals surface area contributed by atoms with E-state index in [1.165, 1.54) is 57.9 Å². The van der Waals surface area contributed by atoms with Gasteiger partial charge in [0.05, 0.1) is 0 Å². The Bertz CT molecular complexity index is 167. The van der Waals surface area contributed by atoms with Gasteiger partial charge in [0.25, 0.3) is 0 Å². The van der Waals surface area contributed by atoms with Crippen LogP contribution in [-0.4, -0.2) is 12.6 Å². The van der Waals surface area contributed by atoms with Gasteiger partial charge in [-0.3, -0.25) is 0 Å². The van der Waals surface area contributed by atoms with Crippen LogP contribution in [0.4, 0.5) is 0 Å². The second-order valence-corrected chi connectivity index (χ2v) is 5.21. The largest absolute Gasteiger partial charge is 0.314 e. The molecule has 2 rings (SSSR count). The Morgan fingerprint density at radius 2 is 1.86 bits per heavy atom. The average molecular weight is 195 g/mol. The maximum absolute atomic E-state index is 3.72. The van der Waals surface area contributed by atoms with E-state index in [9.17, 15) is 0 Å². The van der Waals surface area contributed by atoms with Gasteiger partial charge in [0.1, 0.15) is 0 Å². The highest BCUT2D eigenvalue weighted by atomic mass is 14.9. The van der Waals surface area contributed by atoms with Crippen LogP contribution in [0.3, 0.4) is 0 Å². The summed E-state index contributed by atoms with van der Waals surface area (Å²) < 4.78 is 0. The lowest BCUT2D eigenvalue weighted by molar-refractivity contribution is 0.0767. The molecule has 0 aromatic carbocycles. The van der Waals surface area contributed by atoms with Crippen LogP contribution in [0.15, 0.2) is 0 Å². The fraction of sp³-hybridized carbons (Fsp3) is 1.00. The number of hydrogen-bond donors (Lipinski definition) is 1. The van der Waals surface area contributed by atoms with Crippen molar-refractivity contribution in [3.63, 3.8) is 0 Å². The van der Waals surface area contributed by atoms with E-state index in [2.05, 4.69) is 12.2 Å². The van der Waals surface area contributed by atoms with Crippen molar-refractivity contribution in [3.05, 3.63) is 0 Å². The molecule has 2 fully saturated rings. The van der Waals surface area contributed by atoms with E-state index in [-0.39, 0.29) is 0 Å². The minimum atomic E-state index is 0.887. The molecule has 3 unspecified atom stereocenters. The Morgan fingerprint density at radius 1 is 1.07 bits per heavy atom. The van der Waals surface area contributed by atoms with Gasteiger partial charge in [-0.05, 0) is 37.6 Å². The van der Waals surface area contributed by atoms with Gasteiger partial charge in [-0.15, -0.1) is 0 Å². The molecule has 1 nitrogen and oxygen atoms in total. The second-order valence-electron chi connectivity index (χ2n) is 5.21. The molecule has 1 N–H and O–H groups in total. The van der Waals surface area contributed by atoms with Gasteiger partial charge in [-0.2, -0.15) is 0 Å². The molecule has 0 amide bonds. The monoisotopic (exact) mass is 195 g/mol. The molecule has 2 saturated carbocycles. The molecule has 0 aliphatic heterocycles. The van der Waals surface area contributed by atoms with Gasteiger partial charge in [0.15, 0.2) is 0 Å². The summed E-state index contributed by atoms with van der Waals surface area (Å²) in [5.41, 5.74) is 0. The van der Waals surface area contributed by atoms with E-state index in [4.69, 9.17) is 0 Å². The van der Waals surface area contributed by atoms with E-state index in [1.54, 1.807) is 0 Å². The third-order valence-electron chi connectivity index (χ3n) is 4.20. The van der Waals surface area contributed by atoms with Crippen LogP contribution < -0.4 is 5.32 Å². The Balaban J connectivity index is 1.76. The predicted molar refractivity (Wildman–Crippen MR) is 61.4 cm³/mol. The maximum atomic E-state index is 3.72. The Labute approximate surface area is 88.7 Å². The lowest BCUT2D eigenvalue weighted by Crippen LogP contribution is -2.50. The molecule has 0 saturated heterocycles. The van der Waals surface area contributed by atoms with E-state index in [0.29, 0.717) is 0 Å². The summed E-state index contributed by atoms with van der Waals surface area (Å²) in [6.45, 7) is 3.50. The molecule has 1 heteroatoms. The minimum Gasteiger partial charge on any atom is -0.314 e. The molecule has 14 heavy (non-hydrogen) atoms. The fourth-order valence-corrected chi connectivity index (χ4v) is 3.28. The summed E-state index contributed by atoms with van der Waals surface area (Å²) in [6.07, 6.45) is 11.8. The van der Waals surface area contributed by atoms with Crippen LogP contribution in [0.1, 0.15) is 58.3 Å². The lowest BCUT2D eigenvalue weighted by atomic mass is 9.64. The second kappa shape index (κ2) is 5.16. The number of fused-ring (bicyclic) bond motifs is 1. The maximum Gasteiger partial charge on any atom is 0.0101 e. The van der Waals surface area contributed by atoms with Crippen molar-refractivity contribution in [2.75, 3.05) is 6.54 Å². The van der Waals surface area contributed by atoms with Gasteiger partial charge in [0.2, 0.25) is 0 Å². The highest BCUT2D eigenvalue weighted by molar-refractivity contribution is 4.94. The molecule has 3 atom stereocenters. The molecule has 0 aromatic heterocycles. The summed E-state index contributed by atoms with van der Waals surface area (Å²) in [7, 11) is 0. The highest BCUT2D eigenvalue weighted by Crippen LogP contribution is 2.42. The summed E-state index contributed by atoms with van der Waals surface area (Å²) in [5.74, 6) is 2.13. The van der Waals surface area contributed by atoms with Gasteiger partial charge < -0.3 is 5.32 Å². The molecule has 0 aromatic rings. The van der Waals surface area contributed by atoms with Gasteiger partial charge in [-0.25, -0.2) is 0 Å². The SMILES string of the molecule is CCCNC1CC2CCCCCCC21. The first-order chi connectivity index (χ1) is 6.92. The number of rotatable bonds is 3. The normalized spacial score (nSPS) is 37.9. The molecule has 2 aliphatic rings. The van der Waals surface area contributed by atoms with Crippen LogP contribution in [0.5, 0.6) is 0 Å². The van der Waals surface area contributed by atoms with Crippen LogP contribution >= 0.6 is 0 Å². The average Bonchev–Trinajstić information content (AvgIpc) is 2.15. The van der Waals surface area contributed by atoms with Crippen molar-refractivity contribution >= 4 is 0 Å². The number of nitrogens with one attached hydrogen (secondary N) is 1. The molecule has 0 heterocycles. The molecule has 0 spiro atoms. The first-order valence-electron chi connectivity index (χ1n) is 6.65. The van der Waals surface area contributed by atoms with Crippen molar-refractivity contribution in [2.45, 2.75) is 64.3 Å². The first-order valence-corrected chi connectivity index (χ1v) is 6.65. The zero-order valence-electron chi connectivity index (χ0n) is 9.60. The van der Waals surface area contributed by atoms with Crippen LogP contribution in [0.2, 0.25) is 0 Å². The summed E-state index contributed by atoms with van der Waals surface area (Å²) in [5, 5.41) is 3.72. The van der Waals surface area contributed by atoms with Crippen molar-refractivity contribution in [3.8, 4) is 0 Å². The summed E-state index contributed by atoms with van der Waals surface area (Å²) in [6, 6.07) is 0.887. The zero-order chi connectivity index (χ0) is 9.80. The molecule has 0 radical (unpaired) electrons. The van der Waals surface area contributed by atoms with Crippen molar-refractivity contribution in [2.24, 2.45) is 11.8 Å². The topological polar surface area (TPSA) is 12.0 Å². The third-order valence-corrected chi connectivity index (χ3v) is 4.20. The van der Waals surface area contributed by atoms with Crippen LogP contribution in [0.25, 0.3) is 0 Å². The molecule has 0 bridgehead atoms. The predicted octanol–water partition coefficient (Wildman–Crippen LogP) is 3.34. The Morgan fingerprint density at radius 3 is 2.64 bits per heavy atom.